The minimum absolute atomic E-state index is 0.0592. The van der Waals surface area contributed by atoms with Crippen LogP contribution in [-0.4, -0.2) is 16.7 Å². The molecule has 0 aliphatic heterocycles. The molecule has 0 saturated heterocycles. The Labute approximate surface area is 76.3 Å². The highest BCUT2D eigenvalue weighted by Gasteiger charge is 2.46. The Morgan fingerprint density at radius 1 is 1.50 bits per heavy atom. The van der Waals surface area contributed by atoms with Crippen molar-refractivity contribution in [2.24, 2.45) is 0 Å². The fourth-order valence-corrected chi connectivity index (χ4v) is 2.44. The second kappa shape index (κ2) is 2.54. The monoisotopic (exact) mass is 183 g/mol. The van der Waals surface area contributed by atoms with E-state index in [9.17, 15) is 5.11 Å². The van der Waals surface area contributed by atoms with Crippen molar-refractivity contribution >= 4 is 11.3 Å². The highest BCUT2D eigenvalue weighted by molar-refractivity contribution is 7.11. The van der Waals surface area contributed by atoms with Crippen molar-refractivity contribution < 1.29 is 5.11 Å². The van der Waals surface area contributed by atoms with Crippen LogP contribution in [0, 0.1) is 13.8 Å². The third-order valence-electron chi connectivity index (χ3n) is 2.64. The molecule has 3 heteroatoms. The lowest BCUT2D eigenvalue weighted by Gasteiger charge is -2.05. The summed E-state index contributed by atoms with van der Waals surface area (Å²) in [6, 6.07) is 0. The van der Waals surface area contributed by atoms with E-state index in [-0.39, 0.29) is 12.0 Å². The minimum Gasteiger partial charge on any atom is -0.395 e. The van der Waals surface area contributed by atoms with Crippen LogP contribution in [0.25, 0.3) is 0 Å². The largest absolute Gasteiger partial charge is 0.395 e. The van der Waals surface area contributed by atoms with Crippen LogP contribution in [0.2, 0.25) is 0 Å². The van der Waals surface area contributed by atoms with Gasteiger partial charge in [0.25, 0.3) is 0 Å². The van der Waals surface area contributed by atoms with Crippen LogP contribution in [0.3, 0.4) is 0 Å². The zero-order chi connectivity index (χ0) is 8.77. The molecule has 66 valence electrons. The summed E-state index contributed by atoms with van der Waals surface area (Å²) in [5.41, 5.74) is 1.18. The summed E-state index contributed by atoms with van der Waals surface area (Å²) in [6.07, 6.45) is 2.21. The first kappa shape index (κ1) is 8.20. The van der Waals surface area contributed by atoms with E-state index in [4.69, 9.17) is 0 Å². The molecule has 1 aromatic rings. The Bertz CT molecular complexity index is 282. The molecule has 12 heavy (non-hydrogen) atoms. The smallest absolute Gasteiger partial charge is 0.102 e. The molecule has 0 radical (unpaired) electrons. The summed E-state index contributed by atoms with van der Waals surface area (Å²) in [7, 11) is 0. The Morgan fingerprint density at radius 2 is 2.17 bits per heavy atom. The number of rotatable bonds is 2. The van der Waals surface area contributed by atoms with Crippen LogP contribution < -0.4 is 0 Å². The lowest BCUT2D eigenvalue weighted by molar-refractivity contribution is 0.254. The average molecular weight is 183 g/mol. The SMILES string of the molecule is Cc1nc(C2(CO)CC2)sc1C. The van der Waals surface area contributed by atoms with Gasteiger partial charge in [0.05, 0.1) is 12.3 Å². The van der Waals surface area contributed by atoms with Crippen molar-refractivity contribution in [3.05, 3.63) is 15.6 Å². The van der Waals surface area contributed by atoms with E-state index >= 15 is 0 Å². The second-order valence-electron chi connectivity index (χ2n) is 3.60. The van der Waals surface area contributed by atoms with Crippen LogP contribution in [0.1, 0.15) is 28.4 Å². The summed E-state index contributed by atoms with van der Waals surface area (Å²) in [4.78, 5) is 5.76. The van der Waals surface area contributed by atoms with Crippen molar-refractivity contribution in [2.45, 2.75) is 32.1 Å². The van der Waals surface area contributed by atoms with Crippen LogP contribution in [0.4, 0.5) is 0 Å². The van der Waals surface area contributed by atoms with E-state index in [2.05, 4.69) is 11.9 Å². The molecule has 0 bridgehead atoms. The van der Waals surface area contributed by atoms with E-state index in [1.165, 1.54) is 4.88 Å². The van der Waals surface area contributed by atoms with Crippen LogP contribution in [0.15, 0.2) is 0 Å². The topological polar surface area (TPSA) is 33.1 Å². The third-order valence-corrected chi connectivity index (χ3v) is 3.96. The number of aromatic nitrogens is 1. The van der Waals surface area contributed by atoms with Gasteiger partial charge in [-0.3, -0.25) is 0 Å². The van der Waals surface area contributed by atoms with Crippen LogP contribution in [0.5, 0.6) is 0 Å². The highest BCUT2D eigenvalue weighted by Crippen LogP contribution is 2.49. The van der Waals surface area contributed by atoms with Gasteiger partial charge < -0.3 is 5.11 Å². The van der Waals surface area contributed by atoms with Gasteiger partial charge in [0, 0.05) is 10.3 Å². The molecule has 2 rings (SSSR count). The predicted octanol–water partition coefficient (Wildman–Crippen LogP) is 1.78. The Kier molecular flexibility index (Phi) is 1.73. The molecule has 0 spiro atoms. The van der Waals surface area contributed by atoms with Crippen molar-refractivity contribution in [3.63, 3.8) is 0 Å². The lowest BCUT2D eigenvalue weighted by atomic mass is 10.1. The zero-order valence-corrected chi connectivity index (χ0v) is 8.24. The molecule has 1 aromatic heterocycles. The number of aliphatic hydroxyl groups is 1. The molecular weight excluding hydrogens is 170 g/mol. The molecule has 1 N–H and O–H groups in total. The average Bonchev–Trinajstić information content (AvgIpc) is 2.77. The van der Waals surface area contributed by atoms with Gasteiger partial charge in [-0.15, -0.1) is 11.3 Å². The first-order valence-corrected chi connectivity index (χ1v) is 5.05. The van der Waals surface area contributed by atoms with E-state index in [1.807, 2.05) is 6.92 Å². The third kappa shape index (κ3) is 1.08. The summed E-state index contributed by atoms with van der Waals surface area (Å²) in [5.74, 6) is 0. The van der Waals surface area contributed by atoms with Crippen molar-refractivity contribution in [2.75, 3.05) is 6.61 Å². The fraction of sp³-hybridized carbons (Fsp3) is 0.667. The molecule has 1 aliphatic rings. The molecule has 1 aliphatic carbocycles. The summed E-state index contributed by atoms with van der Waals surface area (Å²) in [5, 5.41) is 10.3. The number of hydrogen-bond acceptors (Lipinski definition) is 3. The molecule has 1 fully saturated rings. The van der Waals surface area contributed by atoms with E-state index in [1.54, 1.807) is 11.3 Å². The molecule has 1 heterocycles. The predicted molar refractivity (Wildman–Crippen MR) is 49.6 cm³/mol. The highest BCUT2D eigenvalue weighted by atomic mass is 32.1. The van der Waals surface area contributed by atoms with Crippen molar-refractivity contribution in [1.82, 2.24) is 4.98 Å². The van der Waals surface area contributed by atoms with Gasteiger partial charge in [0.15, 0.2) is 0 Å². The summed E-state index contributed by atoms with van der Waals surface area (Å²) >= 11 is 1.74. The van der Waals surface area contributed by atoms with Gasteiger partial charge in [-0.25, -0.2) is 4.98 Å². The van der Waals surface area contributed by atoms with Gasteiger partial charge in [-0.2, -0.15) is 0 Å². The molecular formula is C9H13NOS. The maximum Gasteiger partial charge on any atom is 0.102 e. The van der Waals surface area contributed by atoms with Gasteiger partial charge in [0.1, 0.15) is 5.01 Å². The standard InChI is InChI=1S/C9H13NOS/c1-6-7(2)12-8(10-6)9(5-11)3-4-9/h11H,3-5H2,1-2H3. The van der Waals surface area contributed by atoms with Crippen LogP contribution >= 0.6 is 11.3 Å². The van der Waals surface area contributed by atoms with E-state index in [0.717, 1.165) is 23.5 Å². The molecule has 0 amide bonds. The number of hydrogen-bond donors (Lipinski definition) is 1. The summed E-state index contributed by atoms with van der Waals surface area (Å²) in [6.45, 7) is 4.38. The first-order valence-electron chi connectivity index (χ1n) is 4.23. The zero-order valence-electron chi connectivity index (χ0n) is 7.42. The molecule has 1 saturated carbocycles. The maximum atomic E-state index is 9.18. The van der Waals surface area contributed by atoms with E-state index in [0.29, 0.717) is 0 Å². The first-order chi connectivity index (χ1) is 5.68. The van der Waals surface area contributed by atoms with Gasteiger partial charge >= 0.3 is 0 Å². The molecule has 0 aromatic carbocycles. The quantitative estimate of drug-likeness (QED) is 0.758. The number of aliphatic hydroxyl groups excluding tert-OH is 1. The van der Waals surface area contributed by atoms with Crippen LogP contribution in [-0.2, 0) is 5.41 Å². The Morgan fingerprint density at radius 3 is 2.50 bits per heavy atom. The van der Waals surface area contributed by atoms with E-state index < -0.39 is 0 Å². The van der Waals surface area contributed by atoms with Crippen molar-refractivity contribution in [1.29, 1.82) is 0 Å². The van der Waals surface area contributed by atoms with Gasteiger partial charge in [-0.05, 0) is 26.7 Å². The fourth-order valence-electron chi connectivity index (χ4n) is 1.29. The normalized spacial score (nSPS) is 19.6. The Hall–Kier alpha value is -0.410. The van der Waals surface area contributed by atoms with Gasteiger partial charge in [0.2, 0.25) is 0 Å². The number of aryl methyl sites for hydroxylation is 2. The molecule has 2 nitrogen and oxygen atoms in total. The number of thiazole rings is 1. The second-order valence-corrected chi connectivity index (χ2v) is 4.80. The lowest BCUT2D eigenvalue weighted by Crippen LogP contribution is -2.11. The molecule has 0 unspecified atom stereocenters. The van der Waals surface area contributed by atoms with Gasteiger partial charge in [-0.1, -0.05) is 0 Å². The minimum atomic E-state index is 0.0592. The molecule has 0 atom stereocenters. The van der Waals surface area contributed by atoms with Crippen molar-refractivity contribution in [3.8, 4) is 0 Å². The Balaban J connectivity index is 2.34. The number of nitrogens with zero attached hydrogens (tertiary/aromatic N) is 1. The summed E-state index contributed by atoms with van der Waals surface area (Å²) < 4.78 is 0. The maximum absolute atomic E-state index is 9.18.